The predicted octanol–water partition coefficient (Wildman–Crippen LogP) is 4.55. The van der Waals surface area contributed by atoms with E-state index in [2.05, 4.69) is 46.0 Å². The van der Waals surface area contributed by atoms with Gasteiger partial charge in [-0.3, -0.25) is 0 Å². The Kier molecular flexibility index (Phi) is 6.06. The second-order valence-corrected chi connectivity index (χ2v) is 11.2. The van der Waals surface area contributed by atoms with E-state index in [0.717, 1.165) is 41.2 Å². The molecule has 3 aromatic rings. The largest absolute Gasteiger partial charge is 0.378 e. The Balaban J connectivity index is 1.64. The van der Waals surface area contributed by atoms with E-state index in [9.17, 15) is 8.42 Å². The Morgan fingerprint density at radius 1 is 1.10 bits per heavy atom. The highest BCUT2D eigenvalue weighted by Crippen LogP contribution is 2.35. The van der Waals surface area contributed by atoms with E-state index < -0.39 is 10.0 Å². The van der Waals surface area contributed by atoms with Crippen LogP contribution in [0.5, 0.6) is 0 Å². The van der Waals surface area contributed by atoms with E-state index >= 15 is 0 Å². The Morgan fingerprint density at radius 2 is 1.83 bits per heavy atom. The third kappa shape index (κ3) is 4.34. The molecule has 0 saturated carbocycles. The van der Waals surface area contributed by atoms with Crippen LogP contribution < -0.4 is 14.5 Å². The number of nitrogens with one attached hydrogen (secondary N) is 1. The van der Waals surface area contributed by atoms with Gasteiger partial charge in [-0.1, -0.05) is 41.9 Å². The molecule has 1 aliphatic heterocycles. The first-order valence-electron chi connectivity index (χ1n) is 9.72. The zero-order valence-corrected chi connectivity index (χ0v) is 19.3. The van der Waals surface area contributed by atoms with Gasteiger partial charge in [0.2, 0.25) is 10.0 Å². The lowest BCUT2D eigenvalue weighted by Gasteiger charge is -2.31. The predicted molar refractivity (Wildman–Crippen MR) is 126 cm³/mol. The van der Waals surface area contributed by atoms with E-state index in [1.54, 1.807) is 12.1 Å². The van der Waals surface area contributed by atoms with Gasteiger partial charge in [-0.15, -0.1) is 11.3 Å². The summed E-state index contributed by atoms with van der Waals surface area (Å²) >= 11 is 7.00. The first kappa shape index (κ1) is 21.2. The second-order valence-electron chi connectivity index (χ2n) is 7.48. The number of benzene rings is 2. The molecule has 1 N–H and O–H groups in total. The number of thiophene rings is 1. The van der Waals surface area contributed by atoms with Crippen LogP contribution in [0.15, 0.2) is 64.9 Å². The normalized spacial score (nSPS) is 14.6. The molecule has 5 nitrogen and oxygen atoms in total. The van der Waals surface area contributed by atoms with Gasteiger partial charge in [0.25, 0.3) is 0 Å². The fourth-order valence-corrected chi connectivity index (χ4v) is 6.36. The second kappa shape index (κ2) is 8.59. The molecular weight excluding hydrogens is 438 g/mol. The van der Waals surface area contributed by atoms with E-state index in [-0.39, 0.29) is 16.8 Å². The molecule has 30 heavy (non-hydrogen) atoms. The molecule has 0 unspecified atom stereocenters. The van der Waals surface area contributed by atoms with Crippen molar-refractivity contribution in [2.75, 3.05) is 37.0 Å². The van der Waals surface area contributed by atoms with Crippen LogP contribution in [-0.4, -0.2) is 35.6 Å². The van der Waals surface area contributed by atoms with Gasteiger partial charge in [0, 0.05) is 38.6 Å². The van der Waals surface area contributed by atoms with Crippen molar-refractivity contribution >= 4 is 44.3 Å². The molecule has 0 spiro atoms. The summed E-state index contributed by atoms with van der Waals surface area (Å²) in [6.07, 6.45) is 0.954. The minimum Gasteiger partial charge on any atom is -0.378 e. The van der Waals surface area contributed by atoms with E-state index in [1.807, 2.05) is 31.1 Å². The summed E-state index contributed by atoms with van der Waals surface area (Å²) in [4.78, 5) is 4.34. The molecule has 2 aromatic carbocycles. The fraction of sp³-hybridized carbons (Fsp3) is 0.273. The molecule has 0 saturated heterocycles. The van der Waals surface area contributed by atoms with E-state index in [1.165, 1.54) is 5.56 Å². The molecule has 0 aliphatic carbocycles. The molecule has 1 aliphatic rings. The number of hydrogen-bond donors (Lipinski definition) is 1. The van der Waals surface area contributed by atoms with Crippen LogP contribution in [0.3, 0.4) is 0 Å². The Morgan fingerprint density at radius 3 is 2.50 bits per heavy atom. The van der Waals surface area contributed by atoms with Crippen molar-refractivity contribution in [2.24, 2.45) is 0 Å². The third-order valence-corrected chi connectivity index (χ3v) is 8.52. The third-order valence-electron chi connectivity index (χ3n) is 5.37. The van der Waals surface area contributed by atoms with Crippen LogP contribution in [0.4, 0.5) is 11.4 Å². The number of fused-ring (bicyclic) bond motifs is 1. The van der Waals surface area contributed by atoms with Gasteiger partial charge in [0.05, 0.1) is 10.4 Å². The zero-order valence-electron chi connectivity index (χ0n) is 16.9. The van der Waals surface area contributed by atoms with Gasteiger partial charge in [0.15, 0.2) is 0 Å². The number of halogens is 1. The molecule has 0 fully saturated rings. The summed E-state index contributed by atoms with van der Waals surface area (Å²) in [6, 6.07) is 19.7. The highest BCUT2D eigenvalue weighted by atomic mass is 35.5. The summed E-state index contributed by atoms with van der Waals surface area (Å²) in [5.74, 6) is 0. The highest BCUT2D eigenvalue weighted by molar-refractivity contribution is 7.91. The molecule has 8 heteroatoms. The minimum absolute atomic E-state index is 0.116. The summed E-state index contributed by atoms with van der Waals surface area (Å²) in [5, 5.41) is 0. The Bertz CT molecular complexity index is 1130. The van der Waals surface area contributed by atoms with Gasteiger partial charge in [-0.25, -0.2) is 13.1 Å². The van der Waals surface area contributed by atoms with Crippen molar-refractivity contribution < 1.29 is 8.42 Å². The first-order chi connectivity index (χ1) is 14.3. The number of para-hydroxylation sites is 1. The molecule has 0 amide bonds. The fourth-order valence-electron chi connectivity index (χ4n) is 3.79. The topological polar surface area (TPSA) is 52.7 Å². The van der Waals surface area contributed by atoms with Crippen LogP contribution in [-0.2, 0) is 16.4 Å². The van der Waals surface area contributed by atoms with Gasteiger partial charge >= 0.3 is 0 Å². The van der Waals surface area contributed by atoms with Crippen LogP contribution in [0.1, 0.15) is 17.2 Å². The molecule has 0 bridgehead atoms. The number of nitrogens with zero attached hydrogens (tertiary/aromatic N) is 2. The molecule has 0 radical (unpaired) electrons. The quantitative estimate of drug-likeness (QED) is 0.560. The molecule has 1 atom stereocenters. The molecular formula is C22H24ClN3O2S2. The lowest BCUT2D eigenvalue weighted by Crippen LogP contribution is -2.37. The van der Waals surface area contributed by atoms with Gasteiger partial charge in [-0.2, -0.15) is 0 Å². The maximum absolute atomic E-state index is 12.8. The zero-order chi connectivity index (χ0) is 21.3. The SMILES string of the molecule is CN(C)c1ccc([C@H](CNS(=O)(=O)c2ccc(Cl)s2)N2CCc3ccccc32)cc1. The summed E-state index contributed by atoms with van der Waals surface area (Å²) in [5.41, 5.74) is 4.63. The van der Waals surface area contributed by atoms with Crippen molar-refractivity contribution in [2.45, 2.75) is 16.7 Å². The summed E-state index contributed by atoms with van der Waals surface area (Å²) in [6.45, 7) is 1.12. The number of anilines is 2. The van der Waals surface area contributed by atoms with E-state index in [0.29, 0.717) is 4.34 Å². The van der Waals surface area contributed by atoms with Crippen molar-refractivity contribution in [1.82, 2.24) is 4.72 Å². The molecule has 1 aromatic heterocycles. The van der Waals surface area contributed by atoms with Crippen LogP contribution >= 0.6 is 22.9 Å². The number of rotatable bonds is 7. The Hall–Kier alpha value is -2.06. The van der Waals surface area contributed by atoms with Gasteiger partial charge < -0.3 is 9.80 Å². The smallest absolute Gasteiger partial charge is 0.250 e. The molecule has 2 heterocycles. The monoisotopic (exact) mass is 461 g/mol. The lowest BCUT2D eigenvalue weighted by molar-refractivity contribution is 0.564. The van der Waals surface area contributed by atoms with Crippen molar-refractivity contribution in [3.63, 3.8) is 0 Å². The van der Waals surface area contributed by atoms with Gasteiger partial charge in [0.1, 0.15) is 4.21 Å². The maximum atomic E-state index is 12.8. The van der Waals surface area contributed by atoms with Crippen molar-refractivity contribution in [3.8, 4) is 0 Å². The average Bonchev–Trinajstić information content (AvgIpc) is 3.36. The average molecular weight is 462 g/mol. The van der Waals surface area contributed by atoms with Crippen LogP contribution in [0.25, 0.3) is 0 Å². The summed E-state index contributed by atoms with van der Waals surface area (Å²) < 4.78 is 29.1. The summed E-state index contributed by atoms with van der Waals surface area (Å²) in [7, 11) is 0.385. The van der Waals surface area contributed by atoms with Crippen molar-refractivity contribution in [3.05, 3.63) is 76.1 Å². The van der Waals surface area contributed by atoms with E-state index in [4.69, 9.17) is 11.6 Å². The maximum Gasteiger partial charge on any atom is 0.250 e. The standard InChI is InChI=1S/C22H24ClN3O2S2/c1-25(2)18-9-7-17(8-10-18)20(26-14-13-16-5-3-4-6-19(16)26)15-24-30(27,28)22-12-11-21(23)29-22/h3-12,20,24H,13-15H2,1-2H3/t20-/m0/s1. The lowest BCUT2D eigenvalue weighted by atomic mass is 10.0. The van der Waals surface area contributed by atoms with Crippen LogP contribution in [0, 0.1) is 0 Å². The number of hydrogen-bond acceptors (Lipinski definition) is 5. The molecule has 4 rings (SSSR count). The van der Waals surface area contributed by atoms with Crippen LogP contribution in [0.2, 0.25) is 4.34 Å². The van der Waals surface area contributed by atoms with Crippen molar-refractivity contribution in [1.29, 1.82) is 0 Å². The minimum atomic E-state index is -3.62. The highest BCUT2D eigenvalue weighted by Gasteiger charge is 2.29. The first-order valence-corrected chi connectivity index (χ1v) is 12.4. The Labute approximate surface area is 187 Å². The molecule has 158 valence electrons. The number of sulfonamides is 1. The van der Waals surface area contributed by atoms with Gasteiger partial charge in [-0.05, 0) is 47.9 Å².